The van der Waals surface area contributed by atoms with E-state index < -0.39 is 11.7 Å². The van der Waals surface area contributed by atoms with Crippen molar-refractivity contribution in [2.24, 2.45) is 0 Å². The lowest BCUT2D eigenvalue weighted by Crippen LogP contribution is -2.44. The highest BCUT2D eigenvalue weighted by atomic mass is 19.4. The summed E-state index contributed by atoms with van der Waals surface area (Å²) in [4.78, 5) is 17.6. The van der Waals surface area contributed by atoms with Crippen molar-refractivity contribution >= 4 is 22.6 Å². The molecule has 0 aliphatic carbocycles. The number of benzene rings is 3. The molecule has 1 aromatic heterocycles. The van der Waals surface area contributed by atoms with Crippen LogP contribution in [0, 0.1) is 6.92 Å². The van der Waals surface area contributed by atoms with Crippen LogP contribution in [0.15, 0.2) is 77.2 Å². The summed E-state index contributed by atoms with van der Waals surface area (Å²) in [5.74, 6) is 0.795. The van der Waals surface area contributed by atoms with Crippen molar-refractivity contribution in [3.05, 3.63) is 95.2 Å². The molecule has 3 heterocycles. The van der Waals surface area contributed by atoms with Crippen molar-refractivity contribution in [2.75, 3.05) is 31.1 Å². The van der Waals surface area contributed by atoms with Gasteiger partial charge in [-0.15, -0.1) is 0 Å². The van der Waals surface area contributed by atoms with Crippen molar-refractivity contribution in [3.8, 4) is 5.75 Å². The zero-order valence-electron chi connectivity index (χ0n) is 24.2. The van der Waals surface area contributed by atoms with Gasteiger partial charge in [-0.3, -0.25) is 9.69 Å². The van der Waals surface area contributed by atoms with Crippen LogP contribution in [0.4, 0.5) is 18.9 Å². The second-order valence-electron chi connectivity index (χ2n) is 11.7. The molecule has 0 radical (unpaired) electrons. The van der Waals surface area contributed by atoms with E-state index >= 15 is 0 Å². The fourth-order valence-corrected chi connectivity index (χ4v) is 5.94. The monoisotopic (exact) mass is 591 g/mol. The fraction of sp³-hybridized carbons (Fsp3) is 0.382. The van der Waals surface area contributed by atoms with E-state index in [0.717, 1.165) is 80.7 Å². The zero-order chi connectivity index (χ0) is 30.0. The van der Waals surface area contributed by atoms with Gasteiger partial charge in [0.1, 0.15) is 17.4 Å². The third kappa shape index (κ3) is 7.16. The second kappa shape index (κ2) is 12.3. The van der Waals surface area contributed by atoms with Crippen molar-refractivity contribution < 1.29 is 27.1 Å². The minimum Gasteiger partial charge on any atom is -0.490 e. The summed E-state index contributed by atoms with van der Waals surface area (Å²) in [6.45, 7) is 6.06. The lowest BCUT2D eigenvalue weighted by Gasteiger charge is -2.33. The van der Waals surface area contributed by atoms with Gasteiger partial charge in [-0.05, 0) is 73.9 Å². The van der Waals surface area contributed by atoms with Crippen LogP contribution in [0.5, 0.6) is 5.75 Å². The number of hydrogen-bond donors (Lipinski definition) is 1. The normalized spacial score (nSPS) is 17.3. The Balaban J connectivity index is 0.977. The molecule has 6 rings (SSSR count). The van der Waals surface area contributed by atoms with Gasteiger partial charge >= 0.3 is 6.18 Å². The summed E-state index contributed by atoms with van der Waals surface area (Å²) >= 11 is 0. The smallest absolute Gasteiger partial charge is 0.416 e. The van der Waals surface area contributed by atoms with Gasteiger partial charge in [0.2, 0.25) is 0 Å². The lowest BCUT2D eigenvalue weighted by atomic mass is 10.0. The number of nitrogens with zero attached hydrogens (tertiary/aromatic N) is 2. The van der Waals surface area contributed by atoms with Gasteiger partial charge in [-0.2, -0.15) is 13.2 Å². The van der Waals surface area contributed by atoms with E-state index in [-0.39, 0.29) is 23.8 Å². The third-order valence-corrected chi connectivity index (χ3v) is 8.47. The van der Waals surface area contributed by atoms with E-state index in [1.165, 1.54) is 23.4 Å². The number of halogens is 3. The molecule has 2 aliphatic rings. The Morgan fingerprint density at radius 2 is 1.60 bits per heavy atom. The maximum Gasteiger partial charge on any atom is 0.416 e. The molecule has 4 aromatic rings. The van der Waals surface area contributed by atoms with Crippen molar-refractivity contribution in [1.82, 2.24) is 10.2 Å². The summed E-state index contributed by atoms with van der Waals surface area (Å²) in [6.07, 6.45) is -0.798. The van der Waals surface area contributed by atoms with Crippen molar-refractivity contribution in [3.63, 3.8) is 0 Å². The fourth-order valence-electron chi connectivity index (χ4n) is 5.94. The Morgan fingerprint density at radius 3 is 2.28 bits per heavy atom. The van der Waals surface area contributed by atoms with Crippen LogP contribution in [0.25, 0.3) is 11.0 Å². The van der Waals surface area contributed by atoms with E-state index in [4.69, 9.17) is 9.15 Å². The van der Waals surface area contributed by atoms with Gasteiger partial charge in [0, 0.05) is 62.7 Å². The predicted molar refractivity (Wildman–Crippen MR) is 160 cm³/mol. The highest BCUT2D eigenvalue weighted by molar-refractivity contribution is 5.96. The van der Waals surface area contributed by atoms with Crippen LogP contribution >= 0.6 is 0 Å². The second-order valence-corrected chi connectivity index (χ2v) is 11.7. The number of alkyl halides is 3. The van der Waals surface area contributed by atoms with Crippen molar-refractivity contribution in [1.29, 1.82) is 0 Å². The van der Waals surface area contributed by atoms with Gasteiger partial charge in [0.15, 0.2) is 5.76 Å². The molecular weight excluding hydrogens is 555 g/mol. The van der Waals surface area contributed by atoms with Gasteiger partial charge in [0.25, 0.3) is 5.91 Å². The SMILES string of the molecule is Cc1ccc(N2CCC(Oc3ccc4oc(C(=O)NC5CCN(Cc6ccc(C(F)(F)F)cc6)CC5)cc4c3)CC2)cc1. The Hall–Kier alpha value is -3.98. The number of amides is 1. The lowest BCUT2D eigenvalue weighted by molar-refractivity contribution is -0.137. The van der Waals surface area contributed by atoms with Gasteiger partial charge in [0.05, 0.1) is 5.56 Å². The number of rotatable bonds is 7. The number of piperidine rings is 2. The number of likely N-dealkylation sites (tertiary alicyclic amines) is 1. The molecule has 1 amide bonds. The standard InChI is InChI=1S/C34H36F3N3O3/c1-23-2-8-28(9-3-23)40-18-14-29(15-19-40)42-30-10-11-31-25(20-30)21-32(43-31)33(41)38-27-12-16-39(17-13-27)22-24-4-6-26(7-5-24)34(35,36)37/h2-11,20-21,27,29H,12-19,22H2,1H3,(H,38,41). The molecule has 43 heavy (non-hydrogen) atoms. The number of furan rings is 1. The molecule has 0 unspecified atom stereocenters. The number of carbonyl (C=O) groups is 1. The van der Waals surface area contributed by atoms with Crippen LogP contribution in [-0.2, 0) is 12.7 Å². The topological polar surface area (TPSA) is 58.0 Å². The van der Waals surface area contributed by atoms with Crippen LogP contribution in [-0.4, -0.2) is 49.1 Å². The first-order valence-corrected chi connectivity index (χ1v) is 14.9. The zero-order valence-corrected chi connectivity index (χ0v) is 24.2. The number of aryl methyl sites for hydroxylation is 1. The molecule has 2 fully saturated rings. The highest BCUT2D eigenvalue weighted by Crippen LogP contribution is 2.30. The number of anilines is 1. The summed E-state index contributed by atoms with van der Waals surface area (Å²) < 4.78 is 50.6. The molecule has 226 valence electrons. The summed E-state index contributed by atoms with van der Waals surface area (Å²) in [5.41, 5.74) is 3.35. The van der Waals surface area contributed by atoms with E-state index in [9.17, 15) is 18.0 Å². The minimum absolute atomic E-state index is 0.00855. The van der Waals surface area contributed by atoms with Gasteiger partial charge < -0.3 is 19.4 Å². The number of ether oxygens (including phenoxy) is 1. The first kappa shape index (κ1) is 29.1. The highest BCUT2D eigenvalue weighted by Gasteiger charge is 2.30. The van der Waals surface area contributed by atoms with Crippen LogP contribution in [0.2, 0.25) is 0 Å². The number of hydrogen-bond acceptors (Lipinski definition) is 5. The van der Waals surface area contributed by atoms with Crippen LogP contribution in [0.3, 0.4) is 0 Å². The summed E-state index contributed by atoms with van der Waals surface area (Å²) in [7, 11) is 0. The Morgan fingerprint density at radius 1 is 0.907 bits per heavy atom. The molecular formula is C34H36F3N3O3. The Kier molecular flexibility index (Phi) is 8.34. The van der Waals surface area contributed by atoms with E-state index in [1.54, 1.807) is 6.07 Å². The predicted octanol–water partition coefficient (Wildman–Crippen LogP) is 7.20. The van der Waals surface area contributed by atoms with Crippen LogP contribution in [0.1, 0.15) is 52.9 Å². The number of carbonyl (C=O) groups excluding carboxylic acids is 1. The molecule has 6 nitrogen and oxygen atoms in total. The first-order valence-electron chi connectivity index (χ1n) is 14.9. The van der Waals surface area contributed by atoms with E-state index in [0.29, 0.717) is 12.1 Å². The average Bonchev–Trinajstić information content (AvgIpc) is 3.43. The minimum atomic E-state index is -4.33. The molecule has 0 saturated carbocycles. The summed E-state index contributed by atoms with van der Waals surface area (Å²) in [6, 6.07) is 21.4. The molecule has 0 atom stereocenters. The average molecular weight is 592 g/mol. The maximum atomic E-state index is 13.0. The molecule has 0 spiro atoms. The van der Waals surface area contributed by atoms with Crippen molar-refractivity contribution in [2.45, 2.75) is 57.5 Å². The molecule has 3 aromatic carbocycles. The molecule has 2 saturated heterocycles. The van der Waals surface area contributed by atoms with Gasteiger partial charge in [-0.25, -0.2) is 0 Å². The molecule has 9 heteroatoms. The first-order chi connectivity index (χ1) is 20.7. The largest absolute Gasteiger partial charge is 0.490 e. The summed E-state index contributed by atoms with van der Waals surface area (Å²) in [5, 5.41) is 3.91. The van der Waals surface area contributed by atoms with Crippen LogP contribution < -0.4 is 15.0 Å². The number of nitrogens with one attached hydrogen (secondary N) is 1. The maximum absolute atomic E-state index is 13.0. The van der Waals surface area contributed by atoms with Gasteiger partial charge in [-0.1, -0.05) is 29.8 Å². The Labute approximate surface area is 249 Å². The quantitative estimate of drug-likeness (QED) is 0.246. The molecule has 2 aliphatic heterocycles. The third-order valence-electron chi connectivity index (χ3n) is 8.47. The van der Waals surface area contributed by atoms with E-state index in [1.807, 2.05) is 18.2 Å². The molecule has 1 N–H and O–H groups in total. The Bertz CT molecular complexity index is 1530. The number of fused-ring (bicyclic) bond motifs is 1. The molecule has 0 bridgehead atoms. The van der Waals surface area contributed by atoms with E-state index in [2.05, 4.69) is 46.3 Å².